The van der Waals surface area contributed by atoms with E-state index in [0.29, 0.717) is 0 Å². The van der Waals surface area contributed by atoms with Crippen molar-refractivity contribution in [3.8, 4) is 0 Å². The number of hydrogen-bond donors (Lipinski definition) is 0. The molecule has 0 saturated carbocycles. The van der Waals surface area contributed by atoms with Crippen LogP contribution in [0.3, 0.4) is 0 Å². The van der Waals surface area contributed by atoms with E-state index in [-0.39, 0.29) is 21.1 Å². The van der Waals surface area contributed by atoms with Gasteiger partial charge in [-0.25, -0.2) is 13.9 Å². The molecule has 0 radical (unpaired) electrons. The van der Waals surface area contributed by atoms with Gasteiger partial charge in [-0.1, -0.05) is 23.2 Å². The first-order chi connectivity index (χ1) is 8.34. The maximum atomic E-state index is 12.0. The van der Waals surface area contributed by atoms with Crippen LogP contribution in [0, 0.1) is 0 Å². The Bertz CT molecular complexity index is 683. The molecule has 0 aliphatic rings. The van der Waals surface area contributed by atoms with E-state index in [2.05, 4.69) is 0 Å². The molecule has 0 unspecified atom stereocenters. The summed E-state index contributed by atoms with van der Waals surface area (Å²) >= 11 is 11.7. The van der Waals surface area contributed by atoms with Crippen molar-refractivity contribution >= 4 is 46.0 Å². The van der Waals surface area contributed by atoms with E-state index in [1.54, 1.807) is 0 Å². The highest BCUT2D eigenvalue weighted by Gasteiger charge is 2.19. The van der Waals surface area contributed by atoms with Gasteiger partial charge in [0.25, 0.3) is 0 Å². The Morgan fingerprint density at radius 2 is 1.28 bits per heavy atom. The first kappa shape index (κ1) is 12.9. The fourth-order valence-electron chi connectivity index (χ4n) is 1.80. The van der Waals surface area contributed by atoms with Gasteiger partial charge in [-0.2, -0.15) is 0 Å². The van der Waals surface area contributed by atoms with E-state index in [1.165, 1.54) is 26.0 Å². The number of benzene rings is 1. The molecule has 94 valence electrons. The molecule has 0 aliphatic heterocycles. The van der Waals surface area contributed by atoms with Crippen molar-refractivity contribution in [1.82, 2.24) is 9.13 Å². The van der Waals surface area contributed by atoms with Gasteiger partial charge in [-0.05, 0) is 12.1 Å². The first-order valence-corrected chi connectivity index (χ1v) is 5.74. The minimum absolute atomic E-state index is 0.208. The van der Waals surface area contributed by atoms with E-state index in [4.69, 9.17) is 23.2 Å². The van der Waals surface area contributed by atoms with Gasteiger partial charge in [0.05, 0.1) is 21.1 Å². The van der Waals surface area contributed by atoms with E-state index in [1.807, 2.05) is 0 Å². The molecule has 1 aromatic carbocycles. The molecule has 2 aromatic rings. The molecule has 0 fully saturated rings. The normalized spacial score (nSPS) is 10.9. The molecule has 1 heterocycles. The van der Waals surface area contributed by atoms with Crippen molar-refractivity contribution in [2.45, 2.75) is 13.8 Å². The maximum absolute atomic E-state index is 12.0. The van der Waals surface area contributed by atoms with Gasteiger partial charge in [0.1, 0.15) is 0 Å². The van der Waals surface area contributed by atoms with Crippen LogP contribution >= 0.6 is 23.2 Å². The summed E-state index contributed by atoms with van der Waals surface area (Å²) in [6.45, 7) is 2.46. The molecule has 0 aliphatic carbocycles. The highest BCUT2D eigenvalue weighted by molar-refractivity contribution is 6.42. The Labute approximate surface area is 112 Å². The molecule has 2 rings (SSSR count). The topological polar surface area (TPSA) is 61.1 Å². The minimum Gasteiger partial charge on any atom is -0.274 e. The summed E-state index contributed by atoms with van der Waals surface area (Å²) in [5.74, 6) is -0.994. The van der Waals surface area contributed by atoms with Crippen LogP contribution in [-0.2, 0) is 0 Å². The van der Waals surface area contributed by atoms with Gasteiger partial charge in [0, 0.05) is 13.8 Å². The van der Waals surface area contributed by atoms with Crippen LogP contribution in [0.1, 0.15) is 23.4 Å². The zero-order valence-corrected chi connectivity index (χ0v) is 11.0. The molecule has 5 nitrogen and oxygen atoms in total. The Hall–Kier alpha value is -1.59. The van der Waals surface area contributed by atoms with Crippen molar-refractivity contribution in [3.63, 3.8) is 0 Å². The van der Waals surface area contributed by atoms with Crippen LogP contribution in [0.5, 0.6) is 0 Å². The molecule has 0 spiro atoms. The zero-order chi connectivity index (χ0) is 13.6. The summed E-state index contributed by atoms with van der Waals surface area (Å²) < 4.78 is 1.78. The number of halogens is 2. The Morgan fingerprint density at radius 1 is 0.944 bits per heavy atom. The molecule has 0 saturated heterocycles. The average molecular weight is 287 g/mol. The third kappa shape index (κ3) is 1.76. The van der Waals surface area contributed by atoms with Crippen LogP contribution in [0.4, 0.5) is 0 Å². The van der Waals surface area contributed by atoms with E-state index >= 15 is 0 Å². The number of rotatable bonds is 0. The molecule has 0 amide bonds. The smallest absolute Gasteiger partial charge is 0.274 e. The van der Waals surface area contributed by atoms with Gasteiger partial charge < -0.3 is 0 Å². The van der Waals surface area contributed by atoms with E-state index < -0.39 is 17.5 Å². The van der Waals surface area contributed by atoms with Crippen molar-refractivity contribution in [2.24, 2.45) is 0 Å². The monoisotopic (exact) mass is 286 g/mol. The second-order valence-electron chi connectivity index (χ2n) is 3.75. The molecular weight excluding hydrogens is 279 g/mol. The zero-order valence-electron chi connectivity index (χ0n) is 9.53. The number of nitrogens with zero attached hydrogens (tertiary/aromatic N) is 2. The lowest BCUT2D eigenvalue weighted by Gasteiger charge is -1.99. The number of carbonyl (C=O) groups excluding carboxylic acids is 2. The standard InChI is InChI=1S/C11H8Cl2N2O3/c1-5(16)14-9-3-7(12)8(13)4-10(9)15(6(2)17)11(14)18/h3-4H,1-2H3. The summed E-state index contributed by atoms with van der Waals surface area (Å²) in [6.07, 6.45) is 0. The first-order valence-electron chi connectivity index (χ1n) is 4.99. The Kier molecular flexibility index (Phi) is 3.04. The highest BCUT2D eigenvalue weighted by Crippen LogP contribution is 2.27. The van der Waals surface area contributed by atoms with Crippen LogP contribution < -0.4 is 5.69 Å². The molecule has 0 N–H and O–H groups in total. The lowest BCUT2D eigenvalue weighted by Crippen LogP contribution is -2.30. The molecule has 0 bridgehead atoms. The highest BCUT2D eigenvalue weighted by atomic mass is 35.5. The predicted molar refractivity (Wildman–Crippen MR) is 68.8 cm³/mol. The largest absolute Gasteiger partial charge is 0.342 e. The summed E-state index contributed by atoms with van der Waals surface area (Å²) in [6, 6.07) is 2.78. The lowest BCUT2D eigenvalue weighted by molar-refractivity contribution is 0.0925. The lowest BCUT2D eigenvalue weighted by atomic mass is 10.3. The van der Waals surface area contributed by atoms with Crippen LogP contribution in [0.2, 0.25) is 10.0 Å². The van der Waals surface area contributed by atoms with Crippen molar-refractivity contribution in [1.29, 1.82) is 0 Å². The average Bonchev–Trinajstić information content (AvgIpc) is 2.50. The van der Waals surface area contributed by atoms with Gasteiger partial charge >= 0.3 is 5.69 Å². The molecule has 7 heteroatoms. The second-order valence-corrected chi connectivity index (χ2v) is 4.56. The fourth-order valence-corrected chi connectivity index (χ4v) is 2.11. The number of hydrogen-bond acceptors (Lipinski definition) is 3. The number of fused-ring (bicyclic) bond motifs is 1. The van der Waals surface area contributed by atoms with Gasteiger partial charge in [-0.3, -0.25) is 9.59 Å². The summed E-state index contributed by atoms with van der Waals surface area (Å²) in [5.41, 5.74) is -0.197. The minimum atomic E-state index is -0.719. The van der Waals surface area contributed by atoms with Gasteiger partial charge in [0.15, 0.2) is 0 Å². The summed E-state index contributed by atoms with van der Waals surface area (Å²) in [5, 5.41) is 0.416. The molecule has 1 aromatic heterocycles. The third-order valence-electron chi connectivity index (χ3n) is 2.51. The van der Waals surface area contributed by atoms with E-state index in [0.717, 1.165) is 9.13 Å². The van der Waals surface area contributed by atoms with Crippen molar-refractivity contribution in [2.75, 3.05) is 0 Å². The van der Waals surface area contributed by atoms with Crippen molar-refractivity contribution < 1.29 is 9.59 Å². The summed E-state index contributed by atoms with van der Waals surface area (Å²) in [4.78, 5) is 34.9. The second kappa shape index (κ2) is 4.26. The molecule has 18 heavy (non-hydrogen) atoms. The quantitative estimate of drug-likeness (QED) is 0.747. The van der Waals surface area contributed by atoms with Crippen LogP contribution in [0.15, 0.2) is 16.9 Å². The maximum Gasteiger partial charge on any atom is 0.342 e. The van der Waals surface area contributed by atoms with Crippen molar-refractivity contribution in [3.05, 3.63) is 32.7 Å². The Balaban J connectivity index is 3.07. The van der Waals surface area contributed by atoms with E-state index in [9.17, 15) is 14.4 Å². The SMILES string of the molecule is CC(=O)n1c(=O)n(C(C)=O)c2cc(Cl)c(Cl)cc21. The van der Waals surface area contributed by atoms with Crippen LogP contribution in [0.25, 0.3) is 11.0 Å². The third-order valence-corrected chi connectivity index (χ3v) is 3.23. The Morgan fingerprint density at radius 3 is 1.56 bits per heavy atom. The van der Waals surface area contributed by atoms with Gasteiger partial charge in [0.2, 0.25) is 11.8 Å². The number of imidazole rings is 1. The van der Waals surface area contributed by atoms with Gasteiger partial charge in [-0.15, -0.1) is 0 Å². The predicted octanol–water partition coefficient (Wildman–Crippen LogP) is 2.43. The molecule has 0 atom stereocenters. The number of aromatic nitrogens is 2. The van der Waals surface area contributed by atoms with Crippen LogP contribution in [-0.4, -0.2) is 20.9 Å². The number of carbonyl (C=O) groups is 2. The fraction of sp³-hybridized carbons (Fsp3) is 0.182. The molecular formula is C11H8Cl2N2O3. The summed E-state index contributed by atoms with van der Waals surface area (Å²) in [7, 11) is 0.